The van der Waals surface area contributed by atoms with Crippen molar-refractivity contribution in [1.29, 1.82) is 0 Å². The van der Waals surface area contributed by atoms with Crippen LogP contribution in [0.1, 0.15) is 0 Å². The van der Waals surface area contributed by atoms with E-state index in [2.05, 4.69) is 0 Å². The third kappa shape index (κ3) is 1.93. The Morgan fingerprint density at radius 3 is 2.36 bits per heavy atom. The van der Waals surface area contributed by atoms with Gasteiger partial charge in [-0.1, -0.05) is 0 Å². The summed E-state index contributed by atoms with van der Waals surface area (Å²) < 4.78 is 0. The zero-order valence-electron chi connectivity index (χ0n) is 5.92. The van der Waals surface area contributed by atoms with E-state index < -0.39 is 18.3 Å². The summed E-state index contributed by atoms with van der Waals surface area (Å²) in [5.41, 5.74) is 0. The van der Waals surface area contributed by atoms with Gasteiger partial charge in [0.1, 0.15) is 0 Å². The van der Waals surface area contributed by atoms with Gasteiger partial charge in [0.2, 0.25) is 0 Å². The van der Waals surface area contributed by atoms with Crippen LogP contribution in [0.15, 0.2) is 0 Å². The fourth-order valence-electron chi connectivity index (χ4n) is 1.03. The SMILES string of the molecule is OC[C@@H]1[Se]C[C@H](O)[C@@H](O)[C@@H]1O. The number of hydrogen-bond donors (Lipinski definition) is 4. The van der Waals surface area contributed by atoms with Crippen molar-refractivity contribution >= 4 is 15.0 Å². The van der Waals surface area contributed by atoms with Gasteiger partial charge in [0, 0.05) is 0 Å². The van der Waals surface area contributed by atoms with Crippen molar-refractivity contribution in [3.05, 3.63) is 0 Å². The molecule has 1 aliphatic rings. The van der Waals surface area contributed by atoms with E-state index in [-0.39, 0.29) is 26.4 Å². The Morgan fingerprint density at radius 2 is 1.82 bits per heavy atom. The molecule has 4 N–H and O–H groups in total. The minimum atomic E-state index is -1.08. The van der Waals surface area contributed by atoms with Gasteiger partial charge >= 0.3 is 70.4 Å². The number of aliphatic hydroxyl groups is 4. The summed E-state index contributed by atoms with van der Waals surface area (Å²) in [4.78, 5) is -0.221. The van der Waals surface area contributed by atoms with E-state index in [4.69, 9.17) is 15.3 Å². The Morgan fingerprint density at radius 1 is 1.18 bits per heavy atom. The van der Waals surface area contributed by atoms with Crippen LogP contribution in [0, 0.1) is 0 Å². The number of aliphatic hydroxyl groups excluding tert-OH is 4. The molecule has 4 nitrogen and oxygen atoms in total. The molecule has 1 saturated heterocycles. The second-order valence-corrected chi connectivity index (χ2v) is 5.27. The molecule has 1 fully saturated rings. The summed E-state index contributed by atoms with van der Waals surface area (Å²) in [5, 5.41) is 36.7. The Kier molecular flexibility index (Phi) is 3.30. The molecule has 0 aliphatic carbocycles. The summed E-state index contributed by atoms with van der Waals surface area (Å²) in [6.45, 7) is -0.106. The van der Waals surface area contributed by atoms with Gasteiger partial charge < -0.3 is 0 Å². The quantitative estimate of drug-likeness (QED) is 0.390. The first-order chi connectivity index (χ1) is 5.16. The van der Waals surface area contributed by atoms with Gasteiger partial charge in [0.05, 0.1) is 0 Å². The second-order valence-electron chi connectivity index (χ2n) is 2.60. The topological polar surface area (TPSA) is 80.9 Å². The fourth-order valence-corrected chi connectivity index (χ4v) is 3.35. The van der Waals surface area contributed by atoms with Gasteiger partial charge in [-0.15, -0.1) is 0 Å². The molecule has 5 heteroatoms. The van der Waals surface area contributed by atoms with Gasteiger partial charge in [-0.2, -0.15) is 0 Å². The van der Waals surface area contributed by atoms with E-state index in [9.17, 15) is 5.11 Å². The van der Waals surface area contributed by atoms with Crippen molar-refractivity contribution in [2.75, 3.05) is 6.61 Å². The molecule has 1 rings (SSSR count). The normalized spacial score (nSPS) is 45.8. The van der Waals surface area contributed by atoms with Gasteiger partial charge in [-0.05, 0) is 0 Å². The summed E-state index contributed by atoms with van der Waals surface area (Å²) in [7, 11) is 0. The van der Waals surface area contributed by atoms with Crippen LogP contribution in [0.25, 0.3) is 0 Å². The minimum absolute atomic E-state index is 0.0345. The van der Waals surface area contributed by atoms with E-state index in [1.165, 1.54) is 0 Å². The van der Waals surface area contributed by atoms with Crippen molar-refractivity contribution in [3.63, 3.8) is 0 Å². The van der Waals surface area contributed by atoms with Crippen molar-refractivity contribution in [3.8, 4) is 0 Å². The predicted molar refractivity (Wildman–Crippen MR) is 39.4 cm³/mol. The van der Waals surface area contributed by atoms with Crippen LogP contribution < -0.4 is 0 Å². The van der Waals surface area contributed by atoms with Crippen LogP contribution in [0.3, 0.4) is 0 Å². The van der Waals surface area contributed by atoms with Crippen molar-refractivity contribution < 1.29 is 20.4 Å². The molecular formula is C6H12O4Se. The van der Waals surface area contributed by atoms with Gasteiger partial charge in [0.25, 0.3) is 0 Å². The molecule has 0 radical (unpaired) electrons. The summed E-state index contributed by atoms with van der Waals surface area (Å²) in [6, 6.07) is 0. The van der Waals surface area contributed by atoms with E-state index in [1.807, 2.05) is 0 Å². The Balaban J connectivity index is 2.52. The standard InChI is InChI=1S/C6H12O4Se/c7-1-4-6(10)5(9)3(8)2-11-4/h3-10H,1-2H2/t3-,4-,5+,6+/m0/s1. The zero-order chi connectivity index (χ0) is 8.43. The molecule has 0 aromatic rings. The van der Waals surface area contributed by atoms with Crippen LogP contribution in [0.5, 0.6) is 0 Å². The molecule has 4 atom stereocenters. The molecule has 0 spiro atoms. The first kappa shape index (κ1) is 9.45. The third-order valence-electron chi connectivity index (χ3n) is 1.79. The fraction of sp³-hybridized carbons (Fsp3) is 1.00. The summed E-state index contributed by atoms with van der Waals surface area (Å²) in [6.07, 6.45) is -2.85. The first-order valence-corrected chi connectivity index (χ1v) is 5.63. The van der Waals surface area contributed by atoms with E-state index in [0.717, 1.165) is 0 Å². The van der Waals surface area contributed by atoms with Crippen molar-refractivity contribution in [2.24, 2.45) is 0 Å². The van der Waals surface area contributed by atoms with Crippen LogP contribution in [0.2, 0.25) is 10.1 Å². The van der Waals surface area contributed by atoms with Gasteiger partial charge in [-0.3, -0.25) is 0 Å². The zero-order valence-corrected chi connectivity index (χ0v) is 7.63. The molecular weight excluding hydrogens is 215 g/mol. The monoisotopic (exact) mass is 228 g/mol. The summed E-state index contributed by atoms with van der Waals surface area (Å²) >= 11 is 0.0345. The molecule has 11 heavy (non-hydrogen) atoms. The molecule has 0 saturated carbocycles. The number of rotatable bonds is 1. The van der Waals surface area contributed by atoms with E-state index >= 15 is 0 Å². The van der Waals surface area contributed by atoms with E-state index in [0.29, 0.717) is 5.32 Å². The Labute approximate surface area is 71.0 Å². The van der Waals surface area contributed by atoms with Crippen molar-refractivity contribution in [1.82, 2.24) is 0 Å². The second kappa shape index (κ2) is 3.85. The molecule has 0 bridgehead atoms. The molecule has 0 aromatic carbocycles. The average Bonchev–Trinajstić information content (AvgIpc) is 2.01. The third-order valence-corrected chi connectivity index (χ3v) is 4.70. The van der Waals surface area contributed by atoms with Gasteiger partial charge in [-0.25, -0.2) is 0 Å². The molecule has 1 aliphatic heterocycles. The molecule has 0 unspecified atom stereocenters. The molecule has 1 heterocycles. The van der Waals surface area contributed by atoms with Crippen LogP contribution in [-0.4, -0.2) is 60.3 Å². The van der Waals surface area contributed by atoms with Crippen molar-refractivity contribution in [2.45, 2.75) is 28.4 Å². The first-order valence-electron chi connectivity index (χ1n) is 3.43. The maximum atomic E-state index is 9.25. The number of hydrogen-bond acceptors (Lipinski definition) is 4. The van der Waals surface area contributed by atoms with Gasteiger partial charge in [0.15, 0.2) is 0 Å². The molecule has 0 amide bonds. The maximum absolute atomic E-state index is 9.25. The van der Waals surface area contributed by atoms with E-state index in [1.54, 1.807) is 0 Å². The van der Waals surface area contributed by atoms with Crippen LogP contribution >= 0.6 is 0 Å². The Hall–Kier alpha value is 0.359. The Bertz CT molecular complexity index is 130. The average molecular weight is 227 g/mol. The molecule has 0 aromatic heterocycles. The summed E-state index contributed by atoms with van der Waals surface area (Å²) in [5.74, 6) is 0. The van der Waals surface area contributed by atoms with Crippen LogP contribution in [0.4, 0.5) is 0 Å². The molecule has 66 valence electrons. The van der Waals surface area contributed by atoms with Crippen LogP contribution in [-0.2, 0) is 0 Å². The predicted octanol–water partition coefficient (Wildman–Crippen LogP) is -2.01.